The molecule has 0 saturated heterocycles. The largest absolute Gasteiger partial charge is 0.493 e. The van der Waals surface area contributed by atoms with E-state index in [9.17, 15) is 9.59 Å². The van der Waals surface area contributed by atoms with Crippen LogP contribution in [-0.4, -0.2) is 33.1 Å². The summed E-state index contributed by atoms with van der Waals surface area (Å²) in [5, 5.41) is 0.591. The van der Waals surface area contributed by atoms with Crippen molar-refractivity contribution in [2.45, 2.75) is 13.3 Å². The van der Waals surface area contributed by atoms with Gasteiger partial charge in [0.1, 0.15) is 11.5 Å². The van der Waals surface area contributed by atoms with E-state index in [0.29, 0.717) is 50.5 Å². The van der Waals surface area contributed by atoms with Crippen molar-refractivity contribution < 1.29 is 33.3 Å². The molecule has 4 rings (SSSR count). The normalized spacial score (nSPS) is 13.3. The van der Waals surface area contributed by atoms with Crippen molar-refractivity contribution in [2.75, 3.05) is 21.3 Å². The van der Waals surface area contributed by atoms with Crippen molar-refractivity contribution in [2.24, 2.45) is 0 Å². The number of benzene rings is 3. The molecule has 35 heavy (non-hydrogen) atoms. The fraction of sp³-hybridized carbons (Fsp3) is 0.185. The van der Waals surface area contributed by atoms with Crippen LogP contribution in [0.4, 0.5) is 0 Å². The number of methoxy groups -OCH3 is 3. The van der Waals surface area contributed by atoms with E-state index in [1.54, 1.807) is 61.5 Å². The molecule has 0 N–H and O–H groups in total. The number of ketones is 1. The average Bonchev–Trinajstić information content (AvgIpc) is 3.17. The van der Waals surface area contributed by atoms with E-state index in [-0.39, 0.29) is 18.0 Å². The molecule has 0 atom stereocenters. The second kappa shape index (κ2) is 10.1. The number of carbonyl (C=O) groups is 2. The highest BCUT2D eigenvalue weighted by molar-refractivity contribution is 6.30. The third-order valence-electron chi connectivity index (χ3n) is 5.54. The second-order valence-electron chi connectivity index (χ2n) is 7.71. The van der Waals surface area contributed by atoms with E-state index in [1.165, 1.54) is 21.3 Å². The number of esters is 1. The van der Waals surface area contributed by atoms with E-state index >= 15 is 0 Å². The highest BCUT2D eigenvalue weighted by Crippen LogP contribution is 2.43. The molecule has 0 radical (unpaired) electrons. The van der Waals surface area contributed by atoms with Gasteiger partial charge in [0.2, 0.25) is 11.5 Å². The molecule has 1 heterocycles. The van der Waals surface area contributed by atoms with Crippen LogP contribution in [0, 0.1) is 6.92 Å². The maximum absolute atomic E-state index is 13.0. The Morgan fingerprint density at radius 1 is 0.914 bits per heavy atom. The van der Waals surface area contributed by atoms with E-state index in [0.717, 1.165) is 5.56 Å². The third-order valence-corrected chi connectivity index (χ3v) is 5.80. The molecule has 0 fully saturated rings. The predicted octanol–water partition coefficient (Wildman–Crippen LogP) is 5.44. The van der Waals surface area contributed by atoms with E-state index in [1.807, 2.05) is 0 Å². The Morgan fingerprint density at radius 3 is 2.26 bits per heavy atom. The van der Waals surface area contributed by atoms with Crippen molar-refractivity contribution in [1.82, 2.24) is 0 Å². The quantitative estimate of drug-likeness (QED) is 0.246. The Balaban J connectivity index is 1.59. The van der Waals surface area contributed by atoms with Crippen LogP contribution < -0.4 is 23.7 Å². The summed E-state index contributed by atoms with van der Waals surface area (Å²) in [5.41, 5.74) is 2.28. The summed E-state index contributed by atoms with van der Waals surface area (Å²) in [6, 6.07) is 13.6. The van der Waals surface area contributed by atoms with Crippen LogP contribution in [0.5, 0.6) is 28.7 Å². The molecule has 0 aliphatic carbocycles. The minimum atomic E-state index is -0.439. The lowest BCUT2D eigenvalue weighted by molar-refractivity contribution is -0.133. The van der Waals surface area contributed by atoms with Crippen LogP contribution in [0.2, 0.25) is 5.02 Å². The molecule has 1 aliphatic rings. The molecule has 8 heteroatoms. The summed E-state index contributed by atoms with van der Waals surface area (Å²) < 4.78 is 27.7. The standard InChI is InChI=1S/C27H23ClO7/c1-15-20(34-23(29)13-16-5-8-18(28)9-6-16)12-10-19-24(30)22(35-25(15)19)14-17-7-11-21(31-2)27(33-4)26(17)32-3/h5-12,14H,13H2,1-4H3/b22-14-. The predicted molar refractivity (Wildman–Crippen MR) is 131 cm³/mol. The summed E-state index contributed by atoms with van der Waals surface area (Å²) in [4.78, 5) is 25.5. The van der Waals surface area contributed by atoms with Gasteiger partial charge in [0.05, 0.1) is 33.3 Å². The van der Waals surface area contributed by atoms with Gasteiger partial charge in [0, 0.05) is 16.1 Å². The summed E-state index contributed by atoms with van der Waals surface area (Å²) >= 11 is 5.89. The molecule has 0 spiro atoms. The van der Waals surface area contributed by atoms with E-state index < -0.39 is 5.97 Å². The maximum atomic E-state index is 13.0. The summed E-state index contributed by atoms with van der Waals surface area (Å²) in [6.45, 7) is 1.73. The maximum Gasteiger partial charge on any atom is 0.315 e. The molecular formula is C27H23ClO7. The lowest BCUT2D eigenvalue weighted by Crippen LogP contribution is -2.12. The topological polar surface area (TPSA) is 80.3 Å². The number of halogens is 1. The summed E-state index contributed by atoms with van der Waals surface area (Å²) in [6.07, 6.45) is 1.66. The summed E-state index contributed by atoms with van der Waals surface area (Å²) in [5.74, 6) is 1.34. The molecule has 3 aromatic rings. The minimum Gasteiger partial charge on any atom is -0.493 e. The van der Waals surface area contributed by atoms with Gasteiger partial charge in [-0.1, -0.05) is 23.7 Å². The van der Waals surface area contributed by atoms with E-state index in [4.69, 9.17) is 35.3 Å². The highest BCUT2D eigenvalue weighted by Gasteiger charge is 2.31. The first kappa shape index (κ1) is 24.2. The SMILES string of the molecule is COc1ccc(/C=C2\Oc3c(ccc(OC(=O)Cc4ccc(Cl)cc4)c3C)C2=O)c(OC)c1OC. The van der Waals surface area contributed by atoms with Gasteiger partial charge in [-0.2, -0.15) is 0 Å². The zero-order valence-corrected chi connectivity index (χ0v) is 20.4. The van der Waals surface area contributed by atoms with Crippen LogP contribution in [0.3, 0.4) is 0 Å². The molecule has 0 bridgehead atoms. The fourth-order valence-corrected chi connectivity index (χ4v) is 3.91. The average molecular weight is 495 g/mol. The van der Waals surface area contributed by atoms with E-state index in [2.05, 4.69) is 0 Å². The molecule has 1 aliphatic heterocycles. The van der Waals surface area contributed by atoms with Gasteiger partial charge < -0.3 is 23.7 Å². The monoisotopic (exact) mass is 494 g/mol. The van der Waals surface area contributed by atoms with Crippen molar-refractivity contribution >= 4 is 29.4 Å². The van der Waals surface area contributed by atoms with Crippen LogP contribution >= 0.6 is 11.6 Å². The lowest BCUT2D eigenvalue weighted by atomic mass is 10.1. The van der Waals surface area contributed by atoms with Gasteiger partial charge in [-0.05, 0) is 55.0 Å². The molecule has 3 aromatic carbocycles. The van der Waals surface area contributed by atoms with Gasteiger partial charge >= 0.3 is 5.97 Å². The van der Waals surface area contributed by atoms with Crippen LogP contribution in [0.1, 0.15) is 27.0 Å². The van der Waals surface area contributed by atoms with Gasteiger partial charge in [-0.3, -0.25) is 9.59 Å². The number of ether oxygens (including phenoxy) is 5. The Hall–Kier alpha value is -3.97. The smallest absolute Gasteiger partial charge is 0.315 e. The number of hydrogen-bond donors (Lipinski definition) is 0. The fourth-order valence-electron chi connectivity index (χ4n) is 3.79. The first-order chi connectivity index (χ1) is 16.9. The molecule has 0 amide bonds. The summed E-state index contributed by atoms with van der Waals surface area (Å²) in [7, 11) is 4.53. The zero-order chi connectivity index (χ0) is 25.1. The second-order valence-corrected chi connectivity index (χ2v) is 8.14. The molecule has 0 unspecified atom stereocenters. The van der Waals surface area contributed by atoms with Crippen LogP contribution in [0.25, 0.3) is 6.08 Å². The Kier molecular flexibility index (Phi) is 6.98. The number of allylic oxidation sites excluding steroid dienone is 1. The van der Waals surface area contributed by atoms with Gasteiger partial charge in [0.15, 0.2) is 17.3 Å². The van der Waals surface area contributed by atoms with Gasteiger partial charge in [0.25, 0.3) is 0 Å². The number of carbonyl (C=O) groups excluding carboxylic acids is 2. The van der Waals surface area contributed by atoms with Crippen molar-refractivity contribution in [3.63, 3.8) is 0 Å². The zero-order valence-electron chi connectivity index (χ0n) is 19.6. The first-order valence-corrected chi connectivity index (χ1v) is 11.1. The van der Waals surface area contributed by atoms with Gasteiger partial charge in [-0.25, -0.2) is 0 Å². The van der Waals surface area contributed by atoms with Crippen molar-refractivity contribution in [3.05, 3.63) is 81.6 Å². The number of fused-ring (bicyclic) bond motifs is 1. The first-order valence-electron chi connectivity index (χ1n) is 10.7. The molecule has 0 saturated carbocycles. The highest BCUT2D eigenvalue weighted by atomic mass is 35.5. The molecule has 0 aromatic heterocycles. The Labute approximate surface area is 207 Å². The number of rotatable bonds is 7. The van der Waals surface area contributed by atoms with Crippen molar-refractivity contribution in [1.29, 1.82) is 0 Å². The number of Topliss-reactive ketones (excluding diaryl/α,β-unsaturated/α-hetero) is 1. The van der Waals surface area contributed by atoms with Crippen LogP contribution in [0.15, 0.2) is 54.3 Å². The minimum absolute atomic E-state index is 0.0811. The Morgan fingerprint density at radius 2 is 1.60 bits per heavy atom. The Bertz CT molecular complexity index is 1330. The lowest BCUT2D eigenvalue weighted by Gasteiger charge is -2.14. The van der Waals surface area contributed by atoms with Gasteiger partial charge in [-0.15, -0.1) is 0 Å². The van der Waals surface area contributed by atoms with Crippen LogP contribution in [-0.2, 0) is 11.2 Å². The third kappa shape index (κ3) is 4.81. The molecule has 7 nitrogen and oxygen atoms in total. The molecule has 180 valence electrons. The van der Waals surface area contributed by atoms with Crippen molar-refractivity contribution in [3.8, 4) is 28.7 Å². The number of hydrogen-bond acceptors (Lipinski definition) is 7. The molecular weight excluding hydrogens is 472 g/mol.